The molecule has 6 heteroatoms. The summed E-state index contributed by atoms with van der Waals surface area (Å²) in [6.45, 7) is 7.17. The van der Waals surface area contributed by atoms with Gasteiger partial charge in [0, 0.05) is 0 Å². The largest absolute Gasteiger partial charge is 0.450 e. The van der Waals surface area contributed by atoms with Crippen molar-refractivity contribution >= 4 is 0 Å². The Hall–Kier alpha value is -3.90. The van der Waals surface area contributed by atoms with Crippen LogP contribution in [0.1, 0.15) is 33.4 Å². The second kappa shape index (κ2) is 8.23. The number of benzene rings is 3. The summed E-state index contributed by atoms with van der Waals surface area (Å²) in [5, 5.41) is 18.6. The van der Waals surface area contributed by atoms with E-state index >= 15 is 8.78 Å². The molecule has 3 aromatic carbocycles. The molecule has 0 bridgehead atoms. The molecular formula is C24H18F2N2O2. The van der Waals surface area contributed by atoms with Crippen LogP contribution in [-0.4, -0.2) is 0 Å². The smallest absolute Gasteiger partial charge is 0.210 e. The predicted molar refractivity (Wildman–Crippen MR) is 108 cm³/mol. The molecule has 0 aliphatic rings. The predicted octanol–water partition coefficient (Wildman–Crippen LogP) is 6.53. The molecule has 30 heavy (non-hydrogen) atoms. The Morgan fingerprint density at radius 2 is 1.03 bits per heavy atom. The van der Waals surface area contributed by atoms with E-state index in [2.05, 4.69) is 0 Å². The fourth-order valence-electron chi connectivity index (χ4n) is 2.89. The molecule has 0 amide bonds. The van der Waals surface area contributed by atoms with Gasteiger partial charge in [0.1, 0.15) is 34.8 Å². The van der Waals surface area contributed by atoms with E-state index in [-0.39, 0.29) is 11.5 Å². The molecular weight excluding hydrogens is 386 g/mol. The molecule has 0 atom stereocenters. The van der Waals surface area contributed by atoms with E-state index < -0.39 is 34.3 Å². The maximum atomic E-state index is 15.2. The second-order valence-electron chi connectivity index (χ2n) is 7.00. The first-order valence-electron chi connectivity index (χ1n) is 9.12. The minimum Gasteiger partial charge on any atom is -0.450 e. The van der Waals surface area contributed by atoms with Gasteiger partial charge in [-0.25, -0.2) is 8.78 Å². The van der Waals surface area contributed by atoms with Gasteiger partial charge in [0.05, 0.1) is 0 Å². The summed E-state index contributed by atoms with van der Waals surface area (Å²) in [6, 6.07) is 13.7. The number of hydrogen-bond acceptors (Lipinski definition) is 4. The van der Waals surface area contributed by atoms with E-state index in [0.717, 1.165) is 11.1 Å². The van der Waals surface area contributed by atoms with Crippen LogP contribution in [0, 0.1) is 62.0 Å². The van der Waals surface area contributed by atoms with Crippen molar-refractivity contribution in [2.45, 2.75) is 27.7 Å². The minimum atomic E-state index is -1.16. The van der Waals surface area contributed by atoms with Crippen molar-refractivity contribution in [1.82, 2.24) is 0 Å². The average Bonchev–Trinajstić information content (AvgIpc) is 2.71. The van der Waals surface area contributed by atoms with Crippen molar-refractivity contribution in [2.75, 3.05) is 0 Å². The molecule has 150 valence electrons. The van der Waals surface area contributed by atoms with Gasteiger partial charge in [-0.3, -0.25) is 0 Å². The van der Waals surface area contributed by atoms with Gasteiger partial charge in [-0.2, -0.15) is 10.5 Å². The van der Waals surface area contributed by atoms with Crippen molar-refractivity contribution in [2.24, 2.45) is 0 Å². The van der Waals surface area contributed by atoms with Crippen LogP contribution in [0.25, 0.3) is 0 Å². The highest BCUT2D eigenvalue weighted by Gasteiger charge is 2.29. The zero-order valence-corrected chi connectivity index (χ0v) is 16.9. The van der Waals surface area contributed by atoms with Crippen molar-refractivity contribution in [3.05, 3.63) is 81.4 Å². The van der Waals surface area contributed by atoms with E-state index in [1.54, 1.807) is 50.3 Å². The SMILES string of the molecule is Cc1ccc(C)c(Oc2c(F)c(C#N)c(C#N)c(F)c2Oc2cc(C)ccc2C)c1. The lowest BCUT2D eigenvalue weighted by atomic mass is 10.1. The molecule has 4 nitrogen and oxygen atoms in total. The van der Waals surface area contributed by atoms with Crippen molar-refractivity contribution < 1.29 is 18.3 Å². The standard InChI is InChI=1S/C24H18F2N2O2/c1-13-5-7-15(3)19(9-13)29-23-21(25)17(11-27)18(12-28)22(26)24(23)30-20-10-14(2)6-8-16(20)4/h5-10H,1-4H3. The van der Waals surface area contributed by atoms with Crippen LogP contribution in [0.15, 0.2) is 36.4 Å². The maximum absolute atomic E-state index is 15.2. The molecule has 0 saturated heterocycles. The van der Waals surface area contributed by atoms with E-state index in [9.17, 15) is 10.5 Å². The number of rotatable bonds is 4. The van der Waals surface area contributed by atoms with Gasteiger partial charge >= 0.3 is 0 Å². The number of nitrogens with zero attached hydrogens (tertiary/aromatic N) is 2. The fourth-order valence-corrected chi connectivity index (χ4v) is 2.89. The molecule has 0 unspecified atom stereocenters. The van der Waals surface area contributed by atoms with Crippen LogP contribution in [0.5, 0.6) is 23.0 Å². The Balaban J connectivity index is 2.27. The lowest BCUT2D eigenvalue weighted by Crippen LogP contribution is -2.04. The molecule has 0 N–H and O–H groups in total. The van der Waals surface area contributed by atoms with Crippen LogP contribution in [-0.2, 0) is 0 Å². The molecule has 0 fully saturated rings. The van der Waals surface area contributed by atoms with E-state index in [0.29, 0.717) is 11.1 Å². The summed E-state index contributed by atoms with van der Waals surface area (Å²) in [5.41, 5.74) is 1.60. The van der Waals surface area contributed by atoms with Crippen molar-refractivity contribution in [3.63, 3.8) is 0 Å². The Labute approximate surface area is 173 Å². The Morgan fingerprint density at radius 1 is 0.667 bits per heavy atom. The number of aryl methyl sites for hydroxylation is 4. The van der Waals surface area contributed by atoms with Crippen LogP contribution < -0.4 is 9.47 Å². The lowest BCUT2D eigenvalue weighted by Gasteiger charge is -2.18. The molecule has 0 aliphatic carbocycles. The van der Waals surface area contributed by atoms with Crippen LogP contribution in [0.3, 0.4) is 0 Å². The lowest BCUT2D eigenvalue weighted by molar-refractivity contribution is 0.371. The fraction of sp³-hybridized carbons (Fsp3) is 0.167. The van der Waals surface area contributed by atoms with E-state index in [1.165, 1.54) is 0 Å². The molecule has 3 rings (SSSR count). The second-order valence-corrected chi connectivity index (χ2v) is 7.00. The summed E-state index contributed by atoms with van der Waals surface area (Å²) >= 11 is 0. The molecule has 0 saturated carbocycles. The summed E-state index contributed by atoms with van der Waals surface area (Å²) in [4.78, 5) is 0. The quantitative estimate of drug-likeness (QED) is 0.496. The summed E-state index contributed by atoms with van der Waals surface area (Å²) < 4.78 is 41.9. The molecule has 0 heterocycles. The number of hydrogen-bond donors (Lipinski definition) is 0. The first-order chi connectivity index (χ1) is 14.3. The highest BCUT2D eigenvalue weighted by atomic mass is 19.1. The highest BCUT2D eigenvalue weighted by Crippen LogP contribution is 2.43. The molecule has 3 aromatic rings. The van der Waals surface area contributed by atoms with Crippen molar-refractivity contribution in [3.8, 4) is 35.1 Å². The third kappa shape index (κ3) is 3.81. The first-order valence-corrected chi connectivity index (χ1v) is 9.12. The minimum absolute atomic E-state index is 0.285. The topological polar surface area (TPSA) is 66.0 Å². The zero-order valence-electron chi connectivity index (χ0n) is 16.9. The summed E-state index contributed by atoms with van der Waals surface area (Å²) in [7, 11) is 0. The van der Waals surface area contributed by atoms with Gasteiger partial charge in [-0.05, 0) is 62.1 Å². The van der Waals surface area contributed by atoms with Crippen LogP contribution in [0.4, 0.5) is 8.78 Å². The number of halogens is 2. The van der Waals surface area contributed by atoms with Crippen LogP contribution >= 0.6 is 0 Å². The van der Waals surface area contributed by atoms with Gasteiger partial charge in [-0.1, -0.05) is 24.3 Å². The normalized spacial score (nSPS) is 10.3. The van der Waals surface area contributed by atoms with E-state index in [1.807, 2.05) is 26.0 Å². The van der Waals surface area contributed by atoms with Crippen LogP contribution in [0.2, 0.25) is 0 Å². The monoisotopic (exact) mass is 404 g/mol. The van der Waals surface area contributed by atoms with Gasteiger partial charge in [0.15, 0.2) is 11.6 Å². The number of nitriles is 2. The third-order valence-corrected chi connectivity index (χ3v) is 4.63. The van der Waals surface area contributed by atoms with E-state index in [4.69, 9.17) is 9.47 Å². The van der Waals surface area contributed by atoms with Gasteiger partial charge in [0.25, 0.3) is 0 Å². The first kappa shape index (κ1) is 20.8. The number of ether oxygens (including phenoxy) is 2. The Kier molecular flexibility index (Phi) is 5.71. The molecule has 0 spiro atoms. The Morgan fingerprint density at radius 3 is 1.37 bits per heavy atom. The Bertz CT molecular complexity index is 1140. The molecule has 0 aliphatic heterocycles. The van der Waals surface area contributed by atoms with Gasteiger partial charge in [0.2, 0.25) is 11.5 Å². The van der Waals surface area contributed by atoms with Gasteiger partial charge < -0.3 is 9.47 Å². The van der Waals surface area contributed by atoms with Gasteiger partial charge in [-0.15, -0.1) is 0 Å². The zero-order chi connectivity index (χ0) is 22.0. The molecule has 0 aromatic heterocycles. The third-order valence-electron chi connectivity index (χ3n) is 4.63. The summed E-state index contributed by atoms with van der Waals surface area (Å²) in [6.07, 6.45) is 0. The average molecular weight is 404 g/mol. The molecule has 0 radical (unpaired) electrons. The van der Waals surface area contributed by atoms with Crippen molar-refractivity contribution in [1.29, 1.82) is 10.5 Å². The highest BCUT2D eigenvalue weighted by molar-refractivity contribution is 5.61. The maximum Gasteiger partial charge on any atom is 0.210 e. The summed E-state index contributed by atoms with van der Waals surface area (Å²) in [5.74, 6) is -2.91.